The summed E-state index contributed by atoms with van der Waals surface area (Å²) < 4.78 is 43.2. The number of halogens is 3. The van der Waals surface area contributed by atoms with E-state index in [1.807, 2.05) is 91.0 Å². The highest BCUT2D eigenvalue weighted by Gasteiger charge is 2.15. The van der Waals surface area contributed by atoms with Crippen LogP contribution in [-0.2, 0) is 0 Å². The van der Waals surface area contributed by atoms with Crippen molar-refractivity contribution in [1.82, 2.24) is 0 Å². The van der Waals surface area contributed by atoms with Crippen LogP contribution in [0.4, 0.5) is 30.2 Å². The molecule has 0 aromatic heterocycles. The zero-order valence-electron chi connectivity index (χ0n) is 21.4. The molecule has 40 heavy (non-hydrogen) atoms. The van der Waals surface area contributed by atoms with Gasteiger partial charge in [-0.15, -0.1) is 0 Å². The number of hydrogen-bond donors (Lipinski definition) is 0. The predicted octanol–water partition coefficient (Wildman–Crippen LogP) is 10.6. The van der Waals surface area contributed by atoms with Crippen molar-refractivity contribution >= 4 is 17.1 Å². The van der Waals surface area contributed by atoms with Gasteiger partial charge in [-0.3, -0.25) is 0 Å². The molecule has 0 aliphatic rings. The Kier molecular flexibility index (Phi) is 6.90. The first-order valence-corrected chi connectivity index (χ1v) is 12.9. The van der Waals surface area contributed by atoms with Gasteiger partial charge in [0.1, 0.15) is 17.5 Å². The Bertz CT molecular complexity index is 1550. The topological polar surface area (TPSA) is 3.24 Å². The molecule has 0 aliphatic carbocycles. The van der Waals surface area contributed by atoms with E-state index in [1.165, 1.54) is 18.2 Å². The summed E-state index contributed by atoms with van der Waals surface area (Å²) in [6, 6.07) is 43.1. The SMILES string of the molecule is Fc1ccccc1-c1ccc(N(c2ccc(-c3ccccc3F)cc2)c2ccc(-c3ccccc3F)cc2)cc1. The zero-order valence-corrected chi connectivity index (χ0v) is 21.4. The van der Waals surface area contributed by atoms with Gasteiger partial charge in [0.2, 0.25) is 0 Å². The van der Waals surface area contributed by atoms with Crippen LogP contribution >= 0.6 is 0 Å². The number of benzene rings is 6. The fraction of sp³-hybridized carbons (Fsp3) is 0. The van der Waals surface area contributed by atoms with Crippen molar-refractivity contribution in [2.75, 3.05) is 4.90 Å². The zero-order chi connectivity index (χ0) is 27.5. The molecule has 0 saturated heterocycles. The third-order valence-electron chi connectivity index (χ3n) is 6.93. The van der Waals surface area contributed by atoms with E-state index in [4.69, 9.17) is 0 Å². The second kappa shape index (κ2) is 11.0. The summed E-state index contributed by atoms with van der Waals surface area (Å²) in [5, 5.41) is 0. The molecule has 0 saturated carbocycles. The Hall–Kier alpha value is -5.09. The first-order chi connectivity index (χ1) is 19.6. The second-order valence-corrected chi connectivity index (χ2v) is 9.42. The van der Waals surface area contributed by atoms with Crippen molar-refractivity contribution < 1.29 is 13.2 Å². The van der Waals surface area contributed by atoms with Crippen LogP contribution in [0.2, 0.25) is 0 Å². The molecule has 0 atom stereocenters. The van der Waals surface area contributed by atoms with E-state index in [9.17, 15) is 13.2 Å². The number of nitrogens with zero attached hydrogens (tertiary/aromatic N) is 1. The molecule has 0 unspecified atom stereocenters. The molecule has 0 heterocycles. The van der Waals surface area contributed by atoms with Gasteiger partial charge >= 0.3 is 0 Å². The van der Waals surface area contributed by atoms with Gasteiger partial charge in [-0.2, -0.15) is 0 Å². The fourth-order valence-corrected chi connectivity index (χ4v) is 4.90. The Morgan fingerprint density at radius 2 is 0.550 bits per heavy atom. The normalized spacial score (nSPS) is 10.9. The van der Waals surface area contributed by atoms with Gasteiger partial charge in [-0.05, 0) is 71.3 Å². The van der Waals surface area contributed by atoms with Crippen molar-refractivity contribution in [1.29, 1.82) is 0 Å². The summed E-state index contributed by atoms with van der Waals surface area (Å²) >= 11 is 0. The minimum Gasteiger partial charge on any atom is -0.311 e. The minimum atomic E-state index is -0.278. The van der Waals surface area contributed by atoms with Crippen LogP contribution < -0.4 is 4.90 Å². The number of hydrogen-bond acceptors (Lipinski definition) is 1. The number of anilines is 3. The molecule has 6 rings (SSSR count). The van der Waals surface area contributed by atoms with Gasteiger partial charge in [0.25, 0.3) is 0 Å². The van der Waals surface area contributed by atoms with E-state index in [0.717, 1.165) is 33.8 Å². The smallest absolute Gasteiger partial charge is 0.131 e. The molecule has 0 spiro atoms. The van der Waals surface area contributed by atoms with E-state index >= 15 is 0 Å². The molecule has 0 aliphatic heterocycles. The maximum Gasteiger partial charge on any atom is 0.131 e. The van der Waals surface area contributed by atoms with Gasteiger partial charge in [0.15, 0.2) is 0 Å². The third kappa shape index (κ3) is 4.99. The van der Waals surface area contributed by atoms with Crippen LogP contribution in [0.5, 0.6) is 0 Å². The molecule has 0 amide bonds. The van der Waals surface area contributed by atoms with E-state index in [0.29, 0.717) is 16.7 Å². The summed E-state index contributed by atoms with van der Waals surface area (Å²) in [6.45, 7) is 0. The maximum atomic E-state index is 14.4. The quantitative estimate of drug-likeness (QED) is 0.208. The highest BCUT2D eigenvalue weighted by Crippen LogP contribution is 2.38. The highest BCUT2D eigenvalue weighted by atomic mass is 19.1. The van der Waals surface area contributed by atoms with Crippen molar-refractivity contribution in [3.05, 3.63) is 163 Å². The highest BCUT2D eigenvalue weighted by molar-refractivity contribution is 5.81. The Balaban J connectivity index is 1.41. The van der Waals surface area contributed by atoms with Crippen LogP contribution in [0, 0.1) is 17.5 Å². The lowest BCUT2D eigenvalue weighted by Crippen LogP contribution is -2.09. The van der Waals surface area contributed by atoms with Crippen molar-refractivity contribution in [3.63, 3.8) is 0 Å². The van der Waals surface area contributed by atoms with Crippen LogP contribution in [0.1, 0.15) is 0 Å². The summed E-state index contributed by atoms with van der Waals surface area (Å²) in [4.78, 5) is 2.06. The van der Waals surface area contributed by atoms with E-state index < -0.39 is 0 Å². The lowest BCUT2D eigenvalue weighted by molar-refractivity contribution is 0.631. The van der Waals surface area contributed by atoms with Crippen LogP contribution in [-0.4, -0.2) is 0 Å². The van der Waals surface area contributed by atoms with Gasteiger partial charge in [-0.1, -0.05) is 91.0 Å². The van der Waals surface area contributed by atoms with Gasteiger partial charge in [0, 0.05) is 33.8 Å². The molecule has 1 nitrogen and oxygen atoms in total. The largest absolute Gasteiger partial charge is 0.311 e. The molecule has 0 bridgehead atoms. The van der Waals surface area contributed by atoms with Gasteiger partial charge in [-0.25, -0.2) is 13.2 Å². The van der Waals surface area contributed by atoms with Gasteiger partial charge < -0.3 is 4.90 Å². The minimum absolute atomic E-state index is 0.278. The molecular formula is C36H24F3N. The monoisotopic (exact) mass is 527 g/mol. The van der Waals surface area contributed by atoms with Crippen LogP contribution in [0.25, 0.3) is 33.4 Å². The second-order valence-electron chi connectivity index (χ2n) is 9.42. The van der Waals surface area contributed by atoms with Crippen LogP contribution in [0.3, 0.4) is 0 Å². The molecule has 0 radical (unpaired) electrons. The number of rotatable bonds is 6. The lowest BCUT2D eigenvalue weighted by Gasteiger charge is -2.26. The van der Waals surface area contributed by atoms with Crippen molar-refractivity contribution in [2.24, 2.45) is 0 Å². The molecule has 194 valence electrons. The average molecular weight is 528 g/mol. The lowest BCUT2D eigenvalue weighted by atomic mass is 10.0. The Labute approximate surface area is 231 Å². The average Bonchev–Trinajstić information content (AvgIpc) is 2.99. The van der Waals surface area contributed by atoms with Crippen LogP contribution in [0.15, 0.2) is 146 Å². The summed E-state index contributed by atoms with van der Waals surface area (Å²) in [5.41, 5.74) is 6.48. The van der Waals surface area contributed by atoms with E-state index in [2.05, 4.69) is 4.90 Å². The molecule has 6 aromatic carbocycles. The van der Waals surface area contributed by atoms with Gasteiger partial charge in [0.05, 0.1) is 0 Å². The summed E-state index contributed by atoms with van der Waals surface area (Å²) in [6.07, 6.45) is 0. The summed E-state index contributed by atoms with van der Waals surface area (Å²) in [5.74, 6) is -0.835. The molecular weight excluding hydrogens is 503 g/mol. The molecule has 4 heteroatoms. The van der Waals surface area contributed by atoms with E-state index in [-0.39, 0.29) is 17.5 Å². The molecule has 0 N–H and O–H groups in total. The van der Waals surface area contributed by atoms with E-state index in [1.54, 1.807) is 36.4 Å². The van der Waals surface area contributed by atoms with Crippen molar-refractivity contribution in [2.45, 2.75) is 0 Å². The molecule has 0 fully saturated rings. The Morgan fingerprint density at radius 3 is 0.800 bits per heavy atom. The maximum absolute atomic E-state index is 14.4. The third-order valence-corrected chi connectivity index (χ3v) is 6.93. The Morgan fingerprint density at radius 1 is 0.300 bits per heavy atom. The fourth-order valence-electron chi connectivity index (χ4n) is 4.90. The standard InChI is InChI=1S/C36H24F3N/c37-34-10-4-1-7-31(34)25-13-19-28(20-14-25)40(29-21-15-26(16-22-29)32-8-2-5-11-35(32)38)30-23-17-27(18-24-30)33-9-3-6-12-36(33)39/h1-24H. The molecule has 6 aromatic rings. The first kappa shape index (κ1) is 25.2. The predicted molar refractivity (Wildman–Crippen MR) is 157 cm³/mol. The first-order valence-electron chi connectivity index (χ1n) is 12.9. The summed E-state index contributed by atoms with van der Waals surface area (Å²) in [7, 11) is 0. The van der Waals surface area contributed by atoms with Crippen molar-refractivity contribution in [3.8, 4) is 33.4 Å².